The number of aliphatic hydroxyl groups excluding tert-OH is 1. The van der Waals surface area contributed by atoms with Gasteiger partial charge in [-0.3, -0.25) is 0 Å². The predicted octanol–water partition coefficient (Wildman–Crippen LogP) is 6.88. The number of esters is 1. The van der Waals surface area contributed by atoms with Crippen LogP contribution in [0.25, 0.3) is 0 Å². The average Bonchev–Trinajstić information content (AvgIpc) is 3.36. The van der Waals surface area contributed by atoms with Crippen LogP contribution in [0.5, 0.6) is 5.75 Å². The van der Waals surface area contributed by atoms with Gasteiger partial charge in [-0.2, -0.15) is 13.2 Å². The summed E-state index contributed by atoms with van der Waals surface area (Å²) in [6.07, 6.45) is 0.319. The molecule has 0 unspecified atom stereocenters. The molecule has 11 heteroatoms. The first-order valence-corrected chi connectivity index (χ1v) is 18.8. The van der Waals surface area contributed by atoms with Gasteiger partial charge in [-0.15, -0.1) is 0 Å². The Bertz CT molecular complexity index is 1340. The van der Waals surface area contributed by atoms with Gasteiger partial charge in [-0.25, -0.2) is 17.9 Å². The maximum atomic E-state index is 13.0. The zero-order valence-electron chi connectivity index (χ0n) is 27.8. The summed E-state index contributed by atoms with van der Waals surface area (Å²) in [5.74, 6) is -0.195. The molecule has 0 saturated heterocycles. The van der Waals surface area contributed by atoms with E-state index in [4.69, 9.17) is 9.47 Å². The molecular weight excluding hydrogens is 619 g/mol. The van der Waals surface area contributed by atoms with Crippen LogP contribution in [0.2, 0.25) is 0 Å². The van der Waals surface area contributed by atoms with Crippen LogP contribution in [-0.4, -0.2) is 50.7 Å². The van der Waals surface area contributed by atoms with Crippen molar-refractivity contribution in [1.82, 2.24) is 4.72 Å². The average molecular weight is 672 g/mol. The maximum Gasteiger partial charge on any atom is 0.490 e. The Balaban J connectivity index is 1.24. The molecule has 0 spiro atoms. The molecule has 7 nitrogen and oxygen atoms in total. The fourth-order valence-corrected chi connectivity index (χ4v) is 12.0. The second kappa shape index (κ2) is 13.2. The number of carbonyl (C=O) groups excluding carboxylic acids is 1. The maximum absolute atomic E-state index is 13.0. The SMILES string of the molecule is CC[C@H]1[C@@H](O)[C@@H]2[C@H](CC[C@]3(C)[C@@H]([C@H](C)CCS(=O)(=O)NCc4ccc(OC)cc4)CC[C@@H]23)[C@@]2(C)CC[C@@H](OC(=O)C(F)(F)F)C[C@@H]12. The van der Waals surface area contributed by atoms with Crippen LogP contribution in [-0.2, 0) is 26.1 Å². The number of alkyl halides is 3. The molecule has 1 aromatic rings. The zero-order chi connectivity index (χ0) is 33.7. The van der Waals surface area contributed by atoms with Crippen LogP contribution < -0.4 is 9.46 Å². The molecule has 0 radical (unpaired) electrons. The normalized spacial score (nSPS) is 38.3. The van der Waals surface area contributed by atoms with Crippen LogP contribution >= 0.6 is 0 Å². The van der Waals surface area contributed by atoms with Gasteiger partial charge in [0.1, 0.15) is 11.9 Å². The minimum Gasteiger partial charge on any atom is -0.497 e. The fraction of sp³-hybridized carbons (Fsp3) is 0.800. The van der Waals surface area contributed by atoms with Crippen molar-refractivity contribution >= 4 is 16.0 Å². The Labute approximate surface area is 272 Å². The number of hydrogen-bond acceptors (Lipinski definition) is 6. The van der Waals surface area contributed by atoms with E-state index in [0.717, 1.165) is 43.4 Å². The van der Waals surface area contributed by atoms with E-state index < -0.39 is 34.4 Å². The zero-order valence-corrected chi connectivity index (χ0v) is 28.6. The summed E-state index contributed by atoms with van der Waals surface area (Å²) in [5, 5.41) is 12.0. The summed E-state index contributed by atoms with van der Waals surface area (Å²) < 4.78 is 77.7. The van der Waals surface area contributed by atoms with Gasteiger partial charge in [0, 0.05) is 6.54 Å². The van der Waals surface area contributed by atoms with Gasteiger partial charge in [0.05, 0.1) is 19.0 Å². The van der Waals surface area contributed by atoms with Gasteiger partial charge in [-0.05, 0) is 121 Å². The largest absolute Gasteiger partial charge is 0.497 e. The van der Waals surface area contributed by atoms with E-state index >= 15 is 0 Å². The van der Waals surface area contributed by atoms with Crippen molar-refractivity contribution in [2.24, 2.45) is 52.3 Å². The molecule has 2 N–H and O–H groups in total. The number of hydrogen-bond donors (Lipinski definition) is 2. The number of halogens is 3. The van der Waals surface area contributed by atoms with E-state index in [0.29, 0.717) is 37.5 Å². The van der Waals surface area contributed by atoms with Crippen LogP contribution in [0.15, 0.2) is 24.3 Å². The minimum absolute atomic E-state index is 0.00960. The van der Waals surface area contributed by atoms with Gasteiger partial charge in [0.25, 0.3) is 0 Å². The summed E-state index contributed by atoms with van der Waals surface area (Å²) in [7, 11) is -1.87. The Hall–Kier alpha value is -1.85. The lowest BCUT2D eigenvalue weighted by Crippen LogP contribution is -2.62. The molecule has 11 atom stereocenters. The van der Waals surface area contributed by atoms with E-state index in [-0.39, 0.29) is 52.7 Å². The highest BCUT2D eigenvalue weighted by atomic mass is 32.2. The van der Waals surface area contributed by atoms with Crippen molar-refractivity contribution in [3.05, 3.63) is 29.8 Å². The summed E-state index contributed by atoms with van der Waals surface area (Å²) in [6.45, 7) is 9.08. The van der Waals surface area contributed by atoms with E-state index in [1.807, 2.05) is 31.2 Å². The number of rotatable bonds is 10. The molecule has 0 amide bonds. The molecular formula is C35H52F3NO6S. The monoisotopic (exact) mass is 671 g/mol. The highest BCUT2D eigenvalue weighted by Gasteiger charge is 2.65. The van der Waals surface area contributed by atoms with Crippen molar-refractivity contribution in [1.29, 1.82) is 0 Å². The molecule has 0 aromatic heterocycles. The number of fused-ring (bicyclic) bond motifs is 5. The lowest BCUT2D eigenvalue weighted by Gasteiger charge is -2.64. The molecule has 4 fully saturated rings. The van der Waals surface area contributed by atoms with Gasteiger partial charge >= 0.3 is 12.1 Å². The Morgan fingerprint density at radius 2 is 1.70 bits per heavy atom. The summed E-state index contributed by atoms with van der Waals surface area (Å²) in [4.78, 5) is 11.6. The first kappa shape index (κ1) is 35.5. The number of nitrogens with one attached hydrogen (secondary N) is 1. The number of benzene rings is 1. The smallest absolute Gasteiger partial charge is 0.490 e. The van der Waals surface area contributed by atoms with E-state index in [9.17, 15) is 31.5 Å². The highest BCUT2D eigenvalue weighted by molar-refractivity contribution is 7.89. The van der Waals surface area contributed by atoms with Gasteiger partial charge < -0.3 is 14.6 Å². The molecule has 5 rings (SSSR count). The van der Waals surface area contributed by atoms with E-state index in [1.165, 1.54) is 0 Å². The molecule has 46 heavy (non-hydrogen) atoms. The molecule has 260 valence electrons. The lowest BCUT2D eigenvalue weighted by atomic mass is 9.41. The predicted molar refractivity (Wildman–Crippen MR) is 169 cm³/mol. The van der Waals surface area contributed by atoms with E-state index in [2.05, 4.69) is 25.5 Å². The fourth-order valence-electron chi connectivity index (χ4n) is 10.8. The number of sulfonamides is 1. The van der Waals surface area contributed by atoms with E-state index in [1.54, 1.807) is 7.11 Å². The summed E-state index contributed by atoms with van der Waals surface area (Å²) in [5.41, 5.74) is 0.715. The standard InChI is InChI=1S/C35H52F3NO6S/c1-6-25-29-19-24(45-32(41)35(36,37)38)13-16-34(29,4)28-14-17-33(3)26(11-12-27(33)30(28)31(25)40)21(2)15-18-46(42,43)39-20-22-7-9-23(44-5)10-8-22/h7-10,21,24-31,39-40H,6,11-20H2,1-5H3/t21-,24-,25-,26-,27+,28+,29+,30+,31-,33-,34-/m1/s1. The minimum atomic E-state index is -5.01. The Morgan fingerprint density at radius 1 is 1.04 bits per heavy atom. The molecule has 4 saturated carbocycles. The quantitative estimate of drug-likeness (QED) is 0.263. The molecule has 4 aliphatic carbocycles. The van der Waals surface area contributed by atoms with Crippen molar-refractivity contribution < 1.29 is 41.0 Å². The summed E-state index contributed by atoms with van der Waals surface area (Å²) in [6, 6.07) is 7.31. The first-order valence-electron chi connectivity index (χ1n) is 17.1. The third-order valence-electron chi connectivity index (χ3n) is 13.1. The molecule has 1 aromatic carbocycles. The molecule has 4 aliphatic rings. The molecule has 0 heterocycles. The number of ether oxygens (including phenoxy) is 2. The van der Waals surface area contributed by atoms with Crippen LogP contribution in [0.3, 0.4) is 0 Å². The summed E-state index contributed by atoms with van der Waals surface area (Å²) >= 11 is 0. The van der Waals surface area contributed by atoms with Crippen molar-refractivity contribution in [3.8, 4) is 5.75 Å². The number of aliphatic hydroxyl groups is 1. The van der Waals surface area contributed by atoms with Gasteiger partial charge in [-0.1, -0.05) is 46.2 Å². The number of carbonyl (C=O) groups is 1. The van der Waals surface area contributed by atoms with Gasteiger partial charge in [0.15, 0.2) is 0 Å². The first-order chi connectivity index (χ1) is 21.5. The third-order valence-corrected chi connectivity index (χ3v) is 14.5. The van der Waals surface area contributed by atoms with Gasteiger partial charge in [0.2, 0.25) is 10.0 Å². The topological polar surface area (TPSA) is 102 Å². The van der Waals surface area contributed by atoms with Crippen molar-refractivity contribution in [3.63, 3.8) is 0 Å². The Morgan fingerprint density at radius 3 is 2.33 bits per heavy atom. The number of methoxy groups -OCH3 is 1. The molecule has 0 bridgehead atoms. The highest BCUT2D eigenvalue weighted by Crippen LogP contribution is 2.69. The molecule has 0 aliphatic heterocycles. The van der Waals surface area contributed by atoms with Crippen molar-refractivity contribution in [2.75, 3.05) is 12.9 Å². The van der Waals surface area contributed by atoms with Crippen LogP contribution in [0, 0.1) is 52.3 Å². The third kappa shape index (κ3) is 6.71. The van der Waals surface area contributed by atoms with Crippen LogP contribution in [0.1, 0.15) is 91.0 Å². The Kier molecular flexibility index (Phi) is 10.2. The second-order valence-electron chi connectivity index (χ2n) is 15.2. The lowest BCUT2D eigenvalue weighted by molar-refractivity contribution is -0.222. The van der Waals surface area contributed by atoms with Crippen LogP contribution in [0.4, 0.5) is 13.2 Å². The second-order valence-corrected chi connectivity index (χ2v) is 17.2. The van der Waals surface area contributed by atoms with Crippen molar-refractivity contribution in [2.45, 2.75) is 110 Å².